The van der Waals surface area contributed by atoms with Gasteiger partial charge in [0.1, 0.15) is 0 Å². The number of sulfonamides is 1. The highest BCUT2D eigenvalue weighted by Gasteiger charge is 2.19. The van der Waals surface area contributed by atoms with Crippen molar-refractivity contribution in [1.29, 1.82) is 0 Å². The molecular formula is C18H13N3O3S2. The third kappa shape index (κ3) is 3.24. The van der Waals surface area contributed by atoms with Crippen LogP contribution in [-0.4, -0.2) is 18.6 Å². The van der Waals surface area contributed by atoms with Gasteiger partial charge in [-0.25, -0.2) is 8.42 Å². The van der Waals surface area contributed by atoms with Crippen LogP contribution in [0.3, 0.4) is 0 Å². The molecule has 2 aromatic carbocycles. The molecule has 0 unspecified atom stereocenters. The average Bonchev–Trinajstić information content (AvgIpc) is 3.34. The van der Waals surface area contributed by atoms with Crippen LogP contribution in [0.5, 0.6) is 0 Å². The van der Waals surface area contributed by atoms with Crippen molar-refractivity contribution in [2.75, 3.05) is 4.72 Å². The molecule has 0 saturated carbocycles. The summed E-state index contributed by atoms with van der Waals surface area (Å²) in [5, 5.41) is 5.90. The molecule has 0 atom stereocenters. The van der Waals surface area contributed by atoms with Crippen LogP contribution in [0.15, 0.2) is 81.5 Å². The van der Waals surface area contributed by atoms with E-state index in [1.807, 2.05) is 17.5 Å². The monoisotopic (exact) mass is 383 g/mol. The van der Waals surface area contributed by atoms with E-state index in [1.165, 1.54) is 23.5 Å². The first-order valence-electron chi connectivity index (χ1n) is 7.68. The molecule has 6 nitrogen and oxygen atoms in total. The van der Waals surface area contributed by atoms with Crippen LogP contribution >= 0.6 is 11.3 Å². The van der Waals surface area contributed by atoms with E-state index >= 15 is 0 Å². The summed E-state index contributed by atoms with van der Waals surface area (Å²) >= 11 is 1.50. The quantitative estimate of drug-likeness (QED) is 0.556. The summed E-state index contributed by atoms with van der Waals surface area (Å²) in [6.07, 6.45) is 0. The predicted octanol–water partition coefficient (Wildman–Crippen LogP) is 4.27. The Kier molecular flexibility index (Phi) is 4.27. The minimum absolute atomic E-state index is 0.180. The predicted molar refractivity (Wildman–Crippen MR) is 100 cm³/mol. The van der Waals surface area contributed by atoms with Gasteiger partial charge in [-0.3, -0.25) is 4.72 Å². The van der Waals surface area contributed by atoms with E-state index in [0.29, 0.717) is 17.1 Å². The van der Waals surface area contributed by atoms with Gasteiger partial charge in [0.25, 0.3) is 15.9 Å². The summed E-state index contributed by atoms with van der Waals surface area (Å²) < 4.78 is 33.1. The molecule has 2 heterocycles. The topological polar surface area (TPSA) is 85.1 Å². The maximum atomic E-state index is 12.6. The van der Waals surface area contributed by atoms with Crippen LogP contribution in [0.4, 0.5) is 5.69 Å². The molecule has 8 heteroatoms. The van der Waals surface area contributed by atoms with Crippen molar-refractivity contribution in [3.05, 3.63) is 72.1 Å². The standard InChI is InChI=1S/C18H13N3O3S2/c22-26(23,13-7-2-1-3-8-13)21-15-10-5-4-9-14(15)18-19-17(20-24-18)16-11-6-12-25-16/h1-12,21H. The third-order valence-corrected chi connectivity index (χ3v) is 5.87. The summed E-state index contributed by atoms with van der Waals surface area (Å²) in [5.74, 6) is 0.718. The lowest BCUT2D eigenvalue weighted by atomic mass is 10.2. The van der Waals surface area contributed by atoms with Crippen molar-refractivity contribution in [2.24, 2.45) is 0 Å². The van der Waals surface area contributed by atoms with Crippen LogP contribution in [0.2, 0.25) is 0 Å². The molecule has 0 radical (unpaired) electrons. The van der Waals surface area contributed by atoms with Gasteiger partial charge in [0.05, 0.1) is 21.0 Å². The second-order valence-corrected chi connectivity index (χ2v) is 7.99. The van der Waals surface area contributed by atoms with Crippen LogP contribution in [0.25, 0.3) is 22.2 Å². The fourth-order valence-corrected chi connectivity index (χ4v) is 4.15. The summed E-state index contributed by atoms with van der Waals surface area (Å²) in [6, 6.07) is 18.9. The number of benzene rings is 2. The van der Waals surface area contributed by atoms with E-state index in [0.717, 1.165) is 4.88 Å². The van der Waals surface area contributed by atoms with Gasteiger partial charge >= 0.3 is 0 Å². The molecule has 26 heavy (non-hydrogen) atoms. The molecule has 0 bridgehead atoms. The summed E-state index contributed by atoms with van der Waals surface area (Å²) in [5.41, 5.74) is 0.889. The molecule has 0 spiro atoms. The van der Waals surface area contributed by atoms with Crippen LogP contribution in [0.1, 0.15) is 0 Å². The van der Waals surface area contributed by atoms with Gasteiger partial charge in [0, 0.05) is 0 Å². The molecule has 0 fully saturated rings. The molecule has 4 rings (SSSR count). The van der Waals surface area contributed by atoms with Gasteiger partial charge in [0.15, 0.2) is 0 Å². The SMILES string of the molecule is O=S(=O)(Nc1ccccc1-c1nc(-c2cccs2)no1)c1ccccc1. The number of hydrogen-bond donors (Lipinski definition) is 1. The van der Waals surface area contributed by atoms with Crippen molar-refractivity contribution < 1.29 is 12.9 Å². The van der Waals surface area contributed by atoms with E-state index in [2.05, 4.69) is 14.9 Å². The number of hydrogen-bond acceptors (Lipinski definition) is 6. The Balaban J connectivity index is 1.70. The number of rotatable bonds is 5. The lowest BCUT2D eigenvalue weighted by Gasteiger charge is -2.10. The zero-order valence-electron chi connectivity index (χ0n) is 13.4. The molecule has 4 aromatic rings. The first kappa shape index (κ1) is 16.5. The van der Waals surface area contributed by atoms with Crippen LogP contribution in [-0.2, 0) is 10.0 Å². The Bertz CT molecular complexity index is 1120. The normalized spacial score (nSPS) is 11.4. The van der Waals surface area contributed by atoms with Gasteiger partial charge < -0.3 is 4.52 Å². The van der Waals surface area contributed by atoms with Gasteiger partial charge in [-0.1, -0.05) is 41.6 Å². The second-order valence-electron chi connectivity index (χ2n) is 5.36. The van der Waals surface area contributed by atoms with Crippen molar-refractivity contribution in [1.82, 2.24) is 10.1 Å². The summed E-state index contributed by atoms with van der Waals surface area (Å²) in [4.78, 5) is 5.44. The van der Waals surface area contributed by atoms with Gasteiger partial charge in [-0.05, 0) is 35.7 Å². The summed E-state index contributed by atoms with van der Waals surface area (Å²) in [7, 11) is -3.72. The fourth-order valence-electron chi connectivity index (χ4n) is 2.40. The molecule has 0 amide bonds. The van der Waals surface area contributed by atoms with E-state index in [1.54, 1.807) is 42.5 Å². The van der Waals surface area contributed by atoms with Crippen molar-refractivity contribution in [2.45, 2.75) is 4.90 Å². The third-order valence-electron chi connectivity index (χ3n) is 3.62. The molecule has 0 aliphatic heterocycles. The maximum Gasteiger partial charge on any atom is 0.261 e. The molecule has 0 aliphatic carbocycles. The Morgan fingerprint density at radius 2 is 1.69 bits per heavy atom. The molecular weight excluding hydrogens is 370 g/mol. The molecule has 1 N–H and O–H groups in total. The number of nitrogens with zero attached hydrogens (tertiary/aromatic N) is 2. The maximum absolute atomic E-state index is 12.6. The zero-order valence-corrected chi connectivity index (χ0v) is 15.0. The Hall–Kier alpha value is -2.97. The number of para-hydroxylation sites is 1. The Morgan fingerprint density at radius 1 is 0.923 bits per heavy atom. The highest BCUT2D eigenvalue weighted by molar-refractivity contribution is 7.92. The molecule has 2 aromatic heterocycles. The number of nitrogens with one attached hydrogen (secondary N) is 1. The van der Waals surface area contributed by atoms with Crippen molar-refractivity contribution >= 4 is 27.0 Å². The van der Waals surface area contributed by atoms with Crippen molar-refractivity contribution in [3.63, 3.8) is 0 Å². The average molecular weight is 383 g/mol. The Morgan fingerprint density at radius 3 is 2.46 bits per heavy atom. The lowest BCUT2D eigenvalue weighted by Crippen LogP contribution is -2.13. The first-order chi connectivity index (χ1) is 12.6. The highest BCUT2D eigenvalue weighted by Crippen LogP contribution is 2.31. The van der Waals surface area contributed by atoms with Gasteiger partial charge in [-0.2, -0.15) is 4.98 Å². The molecule has 0 saturated heterocycles. The zero-order chi connectivity index (χ0) is 18.0. The number of thiophene rings is 1. The van der Waals surface area contributed by atoms with Crippen LogP contribution in [0, 0.1) is 0 Å². The fraction of sp³-hybridized carbons (Fsp3) is 0. The Labute approximate surface area is 154 Å². The van der Waals surface area contributed by atoms with E-state index in [4.69, 9.17) is 4.52 Å². The van der Waals surface area contributed by atoms with E-state index in [-0.39, 0.29) is 10.8 Å². The van der Waals surface area contributed by atoms with Gasteiger partial charge in [-0.15, -0.1) is 11.3 Å². The van der Waals surface area contributed by atoms with Crippen molar-refractivity contribution in [3.8, 4) is 22.2 Å². The minimum atomic E-state index is -3.72. The van der Waals surface area contributed by atoms with E-state index < -0.39 is 10.0 Å². The van der Waals surface area contributed by atoms with E-state index in [9.17, 15) is 8.42 Å². The highest BCUT2D eigenvalue weighted by atomic mass is 32.2. The number of aromatic nitrogens is 2. The first-order valence-corrected chi connectivity index (χ1v) is 10.0. The minimum Gasteiger partial charge on any atom is -0.334 e. The lowest BCUT2D eigenvalue weighted by molar-refractivity contribution is 0.432. The molecule has 130 valence electrons. The summed E-state index contributed by atoms with van der Waals surface area (Å²) in [6.45, 7) is 0. The number of anilines is 1. The van der Waals surface area contributed by atoms with Crippen LogP contribution < -0.4 is 4.72 Å². The van der Waals surface area contributed by atoms with Gasteiger partial charge in [0.2, 0.25) is 5.82 Å². The second kappa shape index (κ2) is 6.74. The largest absolute Gasteiger partial charge is 0.334 e. The molecule has 0 aliphatic rings. The smallest absolute Gasteiger partial charge is 0.261 e.